The van der Waals surface area contributed by atoms with Gasteiger partial charge in [0.05, 0.1) is 0 Å². The zero-order valence-electron chi connectivity index (χ0n) is 9.62. The molecule has 0 aliphatic rings. The predicted molar refractivity (Wildman–Crippen MR) is 58.3 cm³/mol. The number of carboxylic acid groups (broad SMARTS) is 1. The molecule has 0 aromatic heterocycles. The summed E-state index contributed by atoms with van der Waals surface area (Å²) in [6.45, 7) is 6.29. The Morgan fingerprint density at radius 2 is 1.79 bits per heavy atom. The lowest BCUT2D eigenvalue weighted by atomic mass is 10.1. The normalized spacial score (nSPS) is 9.50. The van der Waals surface area contributed by atoms with Gasteiger partial charge in [-0.05, 0) is 12.3 Å². The number of hydrogen-bond acceptors (Lipinski definition) is 2. The first-order valence-corrected chi connectivity index (χ1v) is 5.37. The monoisotopic (exact) mass is 204 g/mol. The first-order chi connectivity index (χ1) is 6.54. The summed E-state index contributed by atoms with van der Waals surface area (Å²) in [7, 11) is 0. The van der Waals surface area contributed by atoms with Crippen LogP contribution >= 0.6 is 0 Å². The average molecular weight is 204 g/mol. The van der Waals surface area contributed by atoms with E-state index in [1.807, 2.05) is 13.8 Å². The van der Waals surface area contributed by atoms with E-state index in [0.29, 0.717) is 6.61 Å². The summed E-state index contributed by atoms with van der Waals surface area (Å²) in [6, 6.07) is 0. The van der Waals surface area contributed by atoms with Crippen molar-refractivity contribution in [1.29, 1.82) is 0 Å². The number of carboxylic acids is 1. The van der Waals surface area contributed by atoms with Crippen LogP contribution < -0.4 is 0 Å². The van der Waals surface area contributed by atoms with Gasteiger partial charge in [0.2, 0.25) is 0 Å². The smallest absolute Gasteiger partial charge is 0.303 e. The lowest BCUT2D eigenvalue weighted by Gasteiger charge is -1.94. The highest BCUT2D eigenvalue weighted by Crippen LogP contribution is 1.96. The number of carbonyl (C=O) groups is 1. The molecule has 0 fully saturated rings. The molecule has 0 aliphatic carbocycles. The molecule has 0 saturated heterocycles. The Hall–Kier alpha value is -0.570. The van der Waals surface area contributed by atoms with E-state index in [-0.39, 0.29) is 12.3 Å². The van der Waals surface area contributed by atoms with Crippen molar-refractivity contribution in [2.45, 2.75) is 52.9 Å². The topological polar surface area (TPSA) is 57.5 Å². The van der Waals surface area contributed by atoms with Crippen molar-refractivity contribution in [2.75, 3.05) is 6.61 Å². The summed E-state index contributed by atoms with van der Waals surface area (Å²) in [5.41, 5.74) is 0. The summed E-state index contributed by atoms with van der Waals surface area (Å²) < 4.78 is 0. The fourth-order valence-corrected chi connectivity index (χ4v) is 0.888. The fraction of sp³-hybridized carbons (Fsp3) is 0.909. The van der Waals surface area contributed by atoms with Gasteiger partial charge in [-0.2, -0.15) is 0 Å². The third-order valence-electron chi connectivity index (χ3n) is 1.59. The van der Waals surface area contributed by atoms with Crippen LogP contribution in [0.2, 0.25) is 0 Å². The zero-order chi connectivity index (χ0) is 11.4. The van der Waals surface area contributed by atoms with E-state index in [9.17, 15) is 4.79 Å². The molecule has 0 bridgehead atoms. The highest BCUT2D eigenvalue weighted by Gasteiger charge is 1.98. The molecule has 0 rings (SSSR count). The fourth-order valence-electron chi connectivity index (χ4n) is 0.888. The van der Waals surface area contributed by atoms with Crippen LogP contribution in [-0.4, -0.2) is 22.8 Å². The summed E-state index contributed by atoms with van der Waals surface area (Å²) in [5.74, 6) is -0.438. The molecule has 14 heavy (non-hydrogen) atoms. The Labute approximate surface area is 87.1 Å². The molecule has 0 unspecified atom stereocenters. The van der Waals surface area contributed by atoms with E-state index in [1.54, 1.807) is 0 Å². The Morgan fingerprint density at radius 1 is 1.21 bits per heavy atom. The van der Waals surface area contributed by atoms with Crippen LogP contribution in [0.15, 0.2) is 0 Å². The minimum absolute atomic E-state index is 0.275. The maximum absolute atomic E-state index is 9.81. The van der Waals surface area contributed by atoms with E-state index in [0.717, 1.165) is 6.42 Å². The molecule has 0 aromatic carbocycles. The second-order valence-corrected chi connectivity index (χ2v) is 3.78. The Bertz CT molecular complexity index is 118. The number of aliphatic hydroxyl groups is 1. The maximum atomic E-state index is 9.81. The van der Waals surface area contributed by atoms with E-state index < -0.39 is 5.97 Å². The van der Waals surface area contributed by atoms with E-state index >= 15 is 0 Å². The van der Waals surface area contributed by atoms with Gasteiger partial charge in [0.15, 0.2) is 0 Å². The van der Waals surface area contributed by atoms with Gasteiger partial charge in [0.25, 0.3) is 0 Å². The summed E-state index contributed by atoms with van der Waals surface area (Å²) in [4.78, 5) is 9.81. The van der Waals surface area contributed by atoms with Crippen LogP contribution in [0.5, 0.6) is 0 Å². The average Bonchev–Trinajstić information content (AvgIpc) is 2.04. The standard InChI is InChI=1S/C6H14O.C5H10O2/c1-2-3-4-5-6-7;1-4(2)3-5(6)7/h7H,2-6H2,1H3;4H,3H2,1-2H3,(H,6,7). The second kappa shape index (κ2) is 12.4. The van der Waals surface area contributed by atoms with Crippen LogP contribution in [0.3, 0.4) is 0 Å². The molecule has 3 heteroatoms. The van der Waals surface area contributed by atoms with E-state index in [4.69, 9.17) is 10.2 Å². The highest BCUT2D eigenvalue weighted by molar-refractivity contribution is 5.66. The third-order valence-corrected chi connectivity index (χ3v) is 1.59. The predicted octanol–water partition coefficient (Wildman–Crippen LogP) is 2.68. The molecule has 0 aromatic rings. The van der Waals surface area contributed by atoms with E-state index in [1.165, 1.54) is 19.3 Å². The lowest BCUT2D eigenvalue weighted by Crippen LogP contribution is -1.99. The van der Waals surface area contributed by atoms with Crippen molar-refractivity contribution in [1.82, 2.24) is 0 Å². The van der Waals surface area contributed by atoms with Crippen molar-refractivity contribution >= 4 is 5.97 Å². The van der Waals surface area contributed by atoms with Crippen LogP contribution in [0, 0.1) is 5.92 Å². The number of rotatable bonds is 6. The molecule has 2 N–H and O–H groups in total. The van der Waals surface area contributed by atoms with Gasteiger partial charge in [0.1, 0.15) is 0 Å². The summed E-state index contributed by atoms with van der Waals surface area (Å²) in [6.07, 6.45) is 4.96. The van der Waals surface area contributed by atoms with Crippen molar-refractivity contribution in [3.8, 4) is 0 Å². The number of hydrogen-bond donors (Lipinski definition) is 2. The van der Waals surface area contributed by atoms with Gasteiger partial charge in [-0.1, -0.05) is 40.0 Å². The van der Waals surface area contributed by atoms with Gasteiger partial charge < -0.3 is 10.2 Å². The van der Waals surface area contributed by atoms with Gasteiger partial charge in [0, 0.05) is 13.0 Å². The summed E-state index contributed by atoms with van der Waals surface area (Å²) >= 11 is 0. The molecule has 3 nitrogen and oxygen atoms in total. The van der Waals surface area contributed by atoms with Crippen molar-refractivity contribution < 1.29 is 15.0 Å². The minimum atomic E-state index is -0.713. The number of aliphatic hydroxyl groups excluding tert-OH is 1. The van der Waals surface area contributed by atoms with Crippen LogP contribution in [0.1, 0.15) is 52.9 Å². The Morgan fingerprint density at radius 3 is 2.00 bits per heavy atom. The van der Waals surface area contributed by atoms with Crippen molar-refractivity contribution in [2.24, 2.45) is 5.92 Å². The molecule has 0 heterocycles. The van der Waals surface area contributed by atoms with Gasteiger partial charge in [-0.3, -0.25) is 4.79 Å². The first kappa shape index (κ1) is 15.9. The SMILES string of the molecule is CC(C)CC(=O)O.CCCCCCO. The molecule has 0 spiro atoms. The molecule has 0 atom stereocenters. The van der Waals surface area contributed by atoms with Crippen molar-refractivity contribution in [3.05, 3.63) is 0 Å². The molecule has 0 amide bonds. The third kappa shape index (κ3) is 22.5. The lowest BCUT2D eigenvalue weighted by molar-refractivity contribution is -0.137. The molecular formula is C11H24O3. The first-order valence-electron chi connectivity index (χ1n) is 5.37. The Kier molecular flexibility index (Phi) is 14.1. The number of unbranched alkanes of at least 4 members (excludes halogenated alkanes) is 3. The molecule has 0 aliphatic heterocycles. The van der Waals surface area contributed by atoms with Gasteiger partial charge in [-0.25, -0.2) is 0 Å². The quantitative estimate of drug-likeness (QED) is 0.654. The van der Waals surface area contributed by atoms with Crippen LogP contribution in [-0.2, 0) is 4.79 Å². The van der Waals surface area contributed by atoms with Gasteiger partial charge >= 0.3 is 5.97 Å². The molecule has 0 radical (unpaired) electrons. The molecular weight excluding hydrogens is 180 g/mol. The summed E-state index contributed by atoms with van der Waals surface area (Å²) in [5, 5.41) is 16.4. The molecule has 86 valence electrons. The Balaban J connectivity index is 0. The van der Waals surface area contributed by atoms with Crippen LogP contribution in [0.25, 0.3) is 0 Å². The molecule has 0 saturated carbocycles. The largest absolute Gasteiger partial charge is 0.481 e. The van der Waals surface area contributed by atoms with Crippen LogP contribution in [0.4, 0.5) is 0 Å². The maximum Gasteiger partial charge on any atom is 0.303 e. The van der Waals surface area contributed by atoms with Crippen molar-refractivity contribution in [3.63, 3.8) is 0 Å². The zero-order valence-corrected chi connectivity index (χ0v) is 9.62. The van der Waals surface area contributed by atoms with E-state index in [2.05, 4.69) is 6.92 Å². The minimum Gasteiger partial charge on any atom is -0.481 e. The highest BCUT2D eigenvalue weighted by atomic mass is 16.4. The van der Waals surface area contributed by atoms with Gasteiger partial charge in [-0.15, -0.1) is 0 Å². The number of aliphatic carboxylic acids is 1. The second-order valence-electron chi connectivity index (χ2n) is 3.78.